The summed E-state index contributed by atoms with van der Waals surface area (Å²) in [4.78, 5) is 12.6. The van der Waals surface area contributed by atoms with Gasteiger partial charge < -0.3 is 39.4 Å². The average molecular weight is 639 g/mol. The summed E-state index contributed by atoms with van der Waals surface area (Å²) >= 11 is 0. The minimum Gasteiger partial charge on any atom is -0.457 e. The number of allylic oxidation sites excluding steroid dienone is 8. The van der Waals surface area contributed by atoms with Gasteiger partial charge in [-0.05, 0) is 51.4 Å². The zero-order chi connectivity index (χ0) is 33.0. The molecule has 0 aromatic carbocycles. The fraction of sp³-hybridized carbons (Fsp3) is 0.750. The number of ether oxygens (including phenoxy) is 4. The minimum atomic E-state index is -1.54. The molecule has 0 aromatic heterocycles. The summed E-state index contributed by atoms with van der Waals surface area (Å²) in [6.45, 7) is 4.32. The van der Waals surface area contributed by atoms with Crippen LogP contribution in [0.25, 0.3) is 0 Å². The molecule has 0 radical (unpaired) electrons. The van der Waals surface area contributed by atoms with Gasteiger partial charge in [-0.25, -0.2) is 0 Å². The van der Waals surface area contributed by atoms with Gasteiger partial charge in [0.25, 0.3) is 0 Å². The number of esters is 1. The molecule has 1 aliphatic heterocycles. The Balaban J connectivity index is 2.40. The number of carbonyl (C=O) groups is 1. The fourth-order valence-electron chi connectivity index (χ4n) is 4.77. The third kappa shape index (κ3) is 20.8. The van der Waals surface area contributed by atoms with Crippen LogP contribution in [0.2, 0.25) is 0 Å². The van der Waals surface area contributed by atoms with Crippen LogP contribution in [0.3, 0.4) is 0 Å². The summed E-state index contributed by atoms with van der Waals surface area (Å²) in [5.41, 5.74) is 0. The third-order valence-electron chi connectivity index (χ3n) is 7.51. The first-order valence-corrected chi connectivity index (χ1v) is 17.2. The molecule has 1 aliphatic rings. The SMILES string of the molecule is CC/C=C\C/C=C\C/C=C\C/C=C\CCCCC(=O)OC(COCCCCCCCCC)COC1OC(CO)C(O)C(O)C1O. The molecule has 1 heterocycles. The van der Waals surface area contributed by atoms with E-state index in [0.29, 0.717) is 13.0 Å². The van der Waals surface area contributed by atoms with Gasteiger partial charge in [-0.1, -0.05) is 101 Å². The van der Waals surface area contributed by atoms with Crippen molar-refractivity contribution in [2.75, 3.05) is 26.4 Å². The van der Waals surface area contributed by atoms with Crippen LogP contribution < -0.4 is 0 Å². The van der Waals surface area contributed by atoms with Crippen LogP contribution >= 0.6 is 0 Å². The first-order valence-electron chi connectivity index (χ1n) is 17.2. The molecular weight excluding hydrogens is 576 g/mol. The Bertz CT molecular complexity index is 823. The minimum absolute atomic E-state index is 0.126. The maximum Gasteiger partial charge on any atom is 0.306 e. The van der Waals surface area contributed by atoms with Gasteiger partial charge in [-0.2, -0.15) is 0 Å². The molecule has 1 fully saturated rings. The number of aliphatic hydroxyl groups is 4. The van der Waals surface area contributed by atoms with E-state index in [1.54, 1.807) is 0 Å². The average Bonchev–Trinajstić information content (AvgIpc) is 3.04. The summed E-state index contributed by atoms with van der Waals surface area (Å²) in [5.74, 6) is -0.359. The van der Waals surface area contributed by atoms with Crippen LogP contribution in [-0.2, 0) is 23.7 Å². The van der Waals surface area contributed by atoms with Crippen molar-refractivity contribution in [2.45, 2.75) is 147 Å². The number of rotatable bonds is 27. The smallest absolute Gasteiger partial charge is 0.306 e. The molecule has 9 nitrogen and oxygen atoms in total. The summed E-state index contributed by atoms with van der Waals surface area (Å²) in [6.07, 6.45) is 24.4. The molecule has 1 rings (SSSR count). The standard InChI is InChI=1S/C36H62O9/c1-3-5-7-9-11-12-13-14-15-16-17-18-19-21-23-25-32(38)44-30(28-42-26-24-22-20-10-8-6-4-2)29-43-36-35(41)34(40)33(39)31(27-37)45-36/h5,7,11-12,14-15,17-18,30-31,33-37,39-41H,3-4,6,8-10,13,16,19-29H2,1-2H3/b7-5-,12-11-,15-14-,18-17-. The fourth-order valence-corrected chi connectivity index (χ4v) is 4.77. The highest BCUT2D eigenvalue weighted by atomic mass is 16.7. The summed E-state index contributed by atoms with van der Waals surface area (Å²) < 4.78 is 22.5. The van der Waals surface area contributed by atoms with Crippen molar-refractivity contribution >= 4 is 5.97 Å². The lowest BCUT2D eigenvalue weighted by Gasteiger charge is -2.39. The largest absolute Gasteiger partial charge is 0.457 e. The Morgan fingerprint density at radius 2 is 1.36 bits per heavy atom. The number of hydrogen-bond donors (Lipinski definition) is 4. The number of carbonyl (C=O) groups excluding carboxylic acids is 1. The molecular formula is C36H62O9. The highest BCUT2D eigenvalue weighted by molar-refractivity contribution is 5.69. The van der Waals surface area contributed by atoms with Crippen molar-refractivity contribution in [3.8, 4) is 0 Å². The Morgan fingerprint density at radius 1 is 0.733 bits per heavy atom. The first-order chi connectivity index (χ1) is 21.9. The zero-order valence-electron chi connectivity index (χ0n) is 27.8. The van der Waals surface area contributed by atoms with Crippen molar-refractivity contribution in [1.82, 2.24) is 0 Å². The van der Waals surface area contributed by atoms with Crippen LogP contribution in [0.15, 0.2) is 48.6 Å². The molecule has 0 amide bonds. The van der Waals surface area contributed by atoms with Gasteiger partial charge in [0.1, 0.15) is 30.5 Å². The molecule has 260 valence electrons. The van der Waals surface area contributed by atoms with E-state index >= 15 is 0 Å². The molecule has 0 aromatic rings. The molecule has 9 heteroatoms. The van der Waals surface area contributed by atoms with E-state index in [1.165, 1.54) is 32.1 Å². The van der Waals surface area contributed by atoms with Gasteiger partial charge in [-0.15, -0.1) is 0 Å². The Hall–Kier alpha value is -1.85. The Morgan fingerprint density at radius 3 is 2.00 bits per heavy atom. The maximum atomic E-state index is 12.6. The molecule has 6 atom stereocenters. The van der Waals surface area contributed by atoms with Gasteiger partial charge in [0, 0.05) is 13.0 Å². The van der Waals surface area contributed by atoms with E-state index < -0.39 is 43.4 Å². The number of unbranched alkanes of at least 4 members (excludes halogenated alkanes) is 8. The second-order valence-electron chi connectivity index (χ2n) is 11.6. The topological polar surface area (TPSA) is 135 Å². The Kier molecular flexibility index (Phi) is 26.0. The summed E-state index contributed by atoms with van der Waals surface area (Å²) in [7, 11) is 0. The van der Waals surface area contributed by atoms with Gasteiger partial charge in [0.05, 0.1) is 19.8 Å². The second kappa shape index (κ2) is 28.4. The lowest BCUT2D eigenvalue weighted by molar-refractivity contribution is -0.305. The van der Waals surface area contributed by atoms with Crippen molar-refractivity contribution in [3.63, 3.8) is 0 Å². The molecule has 6 unspecified atom stereocenters. The molecule has 0 saturated carbocycles. The van der Waals surface area contributed by atoms with E-state index in [0.717, 1.165) is 51.4 Å². The predicted octanol–water partition coefficient (Wildman–Crippen LogP) is 5.85. The lowest BCUT2D eigenvalue weighted by Crippen LogP contribution is -2.59. The van der Waals surface area contributed by atoms with Crippen molar-refractivity contribution in [3.05, 3.63) is 48.6 Å². The zero-order valence-corrected chi connectivity index (χ0v) is 27.8. The normalized spacial score (nSPS) is 23.2. The van der Waals surface area contributed by atoms with Crippen LogP contribution in [0.4, 0.5) is 0 Å². The van der Waals surface area contributed by atoms with Crippen LogP contribution in [0.1, 0.15) is 110 Å². The van der Waals surface area contributed by atoms with E-state index in [4.69, 9.17) is 18.9 Å². The summed E-state index contributed by atoms with van der Waals surface area (Å²) in [6, 6.07) is 0. The molecule has 45 heavy (non-hydrogen) atoms. The van der Waals surface area contributed by atoms with E-state index in [2.05, 4.69) is 62.5 Å². The van der Waals surface area contributed by atoms with Gasteiger partial charge in [0.15, 0.2) is 6.29 Å². The van der Waals surface area contributed by atoms with E-state index in [-0.39, 0.29) is 25.6 Å². The summed E-state index contributed by atoms with van der Waals surface area (Å²) in [5, 5.41) is 39.7. The monoisotopic (exact) mass is 638 g/mol. The quantitative estimate of drug-likeness (QED) is 0.0497. The van der Waals surface area contributed by atoms with Gasteiger partial charge in [0.2, 0.25) is 0 Å². The van der Waals surface area contributed by atoms with Gasteiger partial charge >= 0.3 is 5.97 Å². The lowest BCUT2D eigenvalue weighted by atomic mass is 9.99. The van der Waals surface area contributed by atoms with Gasteiger partial charge in [-0.3, -0.25) is 4.79 Å². The van der Waals surface area contributed by atoms with E-state index in [1.807, 2.05) is 0 Å². The van der Waals surface area contributed by atoms with E-state index in [9.17, 15) is 25.2 Å². The van der Waals surface area contributed by atoms with Crippen LogP contribution in [0, 0.1) is 0 Å². The molecule has 1 saturated heterocycles. The van der Waals surface area contributed by atoms with Crippen molar-refractivity contribution in [1.29, 1.82) is 0 Å². The number of aliphatic hydroxyl groups excluding tert-OH is 4. The van der Waals surface area contributed by atoms with Crippen LogP contribution in [0.5, 0.6) is 0 Å². The second-order valence-corrected chi connectivity index (χ2v) is 11.6. The predicted molar refractivity (Wildman–Crippen MR) is 178 cm³/mol. The molecule has 0 bridgehead atoms. The maximum absolute atomic E-state index is 12.6. The third-order valence-corrected chi connectivity index (χ3v) is 7.51. The number of hydrogen-bond acceptors (Lipinski definition) is 9. The highest BCUT2D eigenvalue weighted by Crippen LogP contribution is 2.22. The molecule has 0 spiro atoms. The highest BCUT2D eigenvalue weighted by Gasteiger charge is 2.44. The van der Waals surface area contributed by atoms with Crippen molar-refractivity contribution in [2.24, 2.45) is 0 Å². The molecule has 4 N–H and O–H groups in total. The van der Waals surface area contributed by atoms with Crippen molar-refractivity contribution < 1.29 is 44.2 Å². The Labute approximate surface area is 272 Å². The first kappa shape index (κ1) is 41.2. The van der Waals surface area contributed by atoms with Crippen LogP contribution in [-0.4, -0.2) is 89.6 Å². The molecule has 0 aliphatic carbocycles.